The predicted molar refractivity (Wildman–Crippen MR) is 206 cm³/mol. The summed E-state index contributed by atoms with van der Waals surface area (Å²) in [5.41, 5.74) is -10.8. The van der Waals surface area contributed by atoms with Crippen LogP contribution in [0.5, 0.6) is 0 Å². The van der Waals surface area contributed by atoms with Gasteiger partial charge in [-0.15, -0.1) is 21.9 Å². The lowest BCUT2D eigenvalue weighted by atomic mass is 9.12. The molecule has 1 nitrogen and oxygen atoms in total. The van der Waals surface area contributed by atoms with Crippen molar-refractivity contribution in [1.82, 2.24) is 0 Å². The summed E-state index contributed by atoms with van der Waals surface area (Å²) in [6.45, 7) is 6.13. The SMILES string of the molecule is Cc1ccc([S+](=O)(c2ccc(C)cc2)c2ccc(C)cc2)cc1.Fc1c(F)c(F)c([B-](c2c(F)c(F)c(F)c(F)c2F)(c2c(F)c(F)c(F)c(F)c2F)c2c(F)c(F)c(F)c(F)c2F)c(F)c1F. The molecule has 0 heterocycles. The van der Waals surface area contributed by atoms with Gasteiger partial charge in [0.2, 0.25) is 0 Å². The quantitative estimate of drug-likeness (QED) is 0.0511. The van der Waals surface area contributed by atoms with E-state index < -0.39 is 154 Å². The van der Waals surface area contributed by atoms with Gasteiger partial charge in [-0.05, 0) is 57.2 Å². The second-order valence-corrected chi connectivity index (χ2v) is 17.3. The summed E-state index contributed by atoms with van der Waals surface area (Å²) in [7, 11) is -2.48. The molecule has 0 atom stereocenters. The van der Waals surface area contributed by atoms with Crippen LogP contribution in [0.4, 0.5) is 87.8 Å². The van der Waals surface area contributed by atoms with Crippen LogP contribution < -0.4 is 21.9 Å². The van der Waals surface area contributed by atoms with Gasteiger partial charge < -0.3 is 0 Å². The van der Waals surface area contributed by atoms with Gasteiger partial charge >= 0.3 is 0 Å². The van der Waals surface area contributed by atoms with E-state index in [1.807, 2.05) is 93.6 Å². The van der Waals surface area contributed by atoms with E-state index in [0.29, 0.717) is 0 Å². The van der Waals surface area contributed by atoms with E-state index in [4.69, 9.17) is 0 Å². The zero-order chi connectivity index (χ0) is 50.8. The molecule has 0 bridgehead atoms. The summed E-state index contributed by atoms with van der Waals surface area (Å²) >= 11 is 0. The second kappa shape index (κ2) is 18.4. The highest BCUT2D eigenvalue weighted by Gasteiger charge is 2.52. The standard InChI is InChI=1S/C24BF20.C21H21OS/c26-5-1(6(27)14(35)21(42)13(5)34)25(2-7(28)15(36)22(43)16(37)8(2)29,3-9(30)17(38)23(44)18(39)10(3)31)4-11(32)19(40)24(45)20(41)12(4)33;1-16-4-10-19(11-5-16)23(22,20-12-6-17(2)7-13-20)21-14-8-18(3)9-15-21/h;4-15H,1-3H3/q-1;+1. The Bertz CT molecular complexity index is 2720. The van der Waals surface area contributed by atoms with Crippen LogP contribution in [0.1, 0.15) is 16.7 Å². The molecule has 0 aliphatic rings. The Balaban J connectivity index is 0.000000276. The van der Waals surface area contributed by atoms with Gasteiger partial charge in [-0.25, -0.2) is 87.8 Å². The van der Waals surface area contributed by atoms with E-state index in [2.05, 4.69) is 0 Å². The lowest BCUT2D eigenvalue weighted by molar-refractivity contribution is 0.378. The smallest absolute Gasteiger partial charge is 0.200 e. The van der Waals surface area contributed by atoms with Crippen LogP contribution in [-0.2, 0) is 14.1 Å². The summed E-state index contributed by atoms with van der Waals surface area (Å²) < 4.78 is 308. The lowest BCUT2D eigenvalue weighted by Gasteiger charge is -2.44. The maximum Gasteiger partial charge on any atom is 0.200 e. The first-order valence-corrected chi connectivity index (χ1v) is 20.2. The van der Waals surface area contributed by atoms with Gasteiger partial charge in [0.1, 0.15) is 52.7 Å². The van der Waals surface area contributed by atoms with Crippen molar-refractivity contribution in [3.05, 3.63) is 206 Å². The fourth-order valence-electron chi connectivity index (χ4n) is 7.47. The summed E-state index contributed by atoms with van der Waals surface area (Å²) in [5.74, 6) is -71.4. The molecule has 7 rings (SSSR count). The minimum Gasteiger partial charge on any atom is -0.207 e. The Morgan fingerprint density at radius 3 is 0.529 bits per heavy atom. The number of halogens is 20. The summed E-state index contributed by atoms with van der Waals surface area (Å²) in [4.78, 5) is 2.57. The Morgan fingerprint density at radius 1 is 0.250 bits per heavy atom. The topological polar surface area (TPSA) is 17.1 Å². The molecule has 0 N–H and O–H groups in total. The van der Waals surface area contributed by atoms with E-state index in [9.17, 15) is 56.9 Å². The molecule has 0 fully saturated rings. The maximum atomic E-state index is 15.4. The second-order valence-electron chi connectivity index (χ2n) is 14.8. The molecule has 356 valence electrons. The first-order valence-electron chi connectivity index (χ1n) is 18.7. The Morgan fingerprint density at radius 2 is 0.382 bits per heavy atom. The molecule has 0 aliphatic carbocycles. The maximum absolute atomic E-state index is 15.4. The van der Waals surface area contributed by atoms with Gasteiger partial charge in [0, 0.05) is 0 Å². The van der Waals surface area contributed by atoms with Gasteiger partial charge in [0.05, 0.1) is 0 Å². The summed E-state index contributed by atoms with van der Waals surface area (Å²) in [6.07, 6.45) is -7.22. The number of benzene rings is 7. The van der Waals surface area contributed by atoms with Gasteiger partial charge in [0.15, 0.2) is 94.4 Å². The van der Waals surface area contributed by atoms with Crippen molar-refractivity contribution in [3.63, 3.8) is 0 Å². The van der Waals surface area contributed by atoms with Crippen LogP contribution >= 0.6 is 0 Å². The zero-order valence-corrected chi connectivity index (χ0v) is 34.7. The zero-order valence-electron chi connectivity index (χ0n) is 33.9. The fourth-order valence-corrected chi connectivity index (χ4v) is 9.85. The molecule has 0 radical (unpaired) electrons. The number of rotatable bonds is 7. The summed E-state index contributed by atoms with van der Waals surface area (Å²) in [6, 6.07) is 24.1. The Kier molecular flexibility index (Phi) is 13.8. The molecule has 0 saturated heterocycles. The highest BCUT2D eigenvalue weighted by Crippen LogP contribution is 2.37. The third kappa shape index (κ3) is 7.76. The molecule has 0 spiro atoms. The highest BCUT2D eigenvalue weighted by molar-refractivity contribution is 8.03. The van der Waals surface area contributed by atoms with Gasteiger partial charge in [0.25, 0.3) is 0 Å². The number of hydrogen-bond donors (Lipinski definition) is 0. The minimum absolute atomic E-state index is 0.857. The largest absolute Gasteiger partial charge is 0.207 e. The average molecular weight is 1000 g/mol. The molecule has 0 unspecified atom stereocenters. The molecule has 0 saturated carbocycles. The van der Waals surface area contributed by atoms with Crippen molar-refractivity contribution < 1.29 is 92.0 Å². The van der Waals surface area contributed by atoms with E-state index in [1.54, 1.807) is 0 Å². The van der Waals surface area contributed by atoms with Gasteiger partial charge in [-0.2, -0.15) is 0 Å². The lowest BCUT2D eigenvalue weighted by Crippen LogP contribution is -2.81. The van der Waals surface area contributed by atoms with Crippen molar-refractivity contribution in [2.75, 3.05) is 0 Å². The van der Waals surface area contributed by atoms with Crippen LogP contribution in [0.2, 0.25) is 0 Å². The monoisotopic (exact) mass is 1000 g/mol. The van der Waals surface area contributed by atoms with Crippen LogP contribution in [0, 0.1) is 137 Å². The molecule has 0 aromatic heterocycles. The fraction of sp³-hybridized carbons (Fsp3) is 0.0667. The Hall–Kier alpha value is -6.65. The number of aryl methyl sites for hydroxylation is 3. The molecule has 7 aromatic carbocycles. The first-order chi connectivity index (χ1) is 31.7. The van der Waals surface area contributed by atoms with Crippen LogP contribution in [0.15, 0.2) is 87.5 Å². The molecular weight excluding hydrogens is 979 g/mol. The third-order valence-corrected chi connectivity index (χ3v) is 13.6. The predicted octanol–water partition coefficient (Wildman–Crippen LogP) is 11.4. The van der Waals surface area contributed by atoms with Crippen molar-refractivity contribution in [2.45, 2.75) is 35.5 Å². The van der Waals surface area contributed by atoms with E-state index in [1.165, 1.54) is 16.7 Å². The highest BCUT2D eigenvalue weighted by atomic mass is 32.2. The average Bonchev–Trinajstić information content (AvgIpc) is 3.32. The summed E-state index contributed by atoms with van der Waals surface area (Å²) in [5, 5.41) is 0. The van der Waals surface area contributed by atoms with Crippen LogP contribution in [0.25, 0.3) is 0 Å². The molecule has 7 aromatic rings. The van der Waals surface area contributed by atoms with Crippen LogP contribution in [-0.4, -0.2) is 6.15 Å². The van der Waals surface area contributed by atoms with Crippen molar-refractivity contribution in [3.8, 4) is 0 Å². The number of hydrogen-bond acceptors (Lipinski definition) is 1. The molecule has 0 amide bonds. The van der Waals surface area contributed by atoms with Gasteiger partial charge in [-0.3, -0.25) is 0 Å². The van der Waals surface area contributed by atoms with Crippen molar-refractivity contribution in [2.24, 2.45) is 0 Å². The van der Waals surface area contributed by atoms with Gasteiger partial charge in [-0.1, -0.05) is 57.3 Å². The van der Waals surface area contributed by atoms with Crippen LogP contribution in [0.3, 0.4) is 0 Å². The molecule has 0 aliphatic heterocycles. The first kappa shape index (κ1) is 50.8. The molecule has 68 heavy (non-hydrogen) atoms. The van der Waals surface area contributed by atoms with E-state index in [-0.39, 0.29) is 0 Å². The minimum atomic E-state index is -7.22. The van der Waals surface area contributed by atoms with Crippen molar-refractivity contribution in [1.29, 1.82) is 0 Å². The van der Waals surface area contributed by atoms with E-state index in [0.717, 1.165) is 14.7 Å². The Labute approximate surface area is 370 Å². The normalized spacial score (nSPS) is 11.8. The third-order valence-electron chi connectivity index (χ3n) is 10.8. The van der Waals surface area contributed by atoms with Crippen molar-refractivity contribution >= 4 is 37.9 Å². The molecule has 23 heteroatoms. The molecular formula is C45H21BF20OS. The van der Waals surface area contributed by atoms with E-state index >= 15 is 35.1 Å².